The van der Waals surface area contributed by atoms with Gasteiger partial charge in [0.2, 0.25) is 5.91 Å². The summed E-state index contributed by atoms with van der Waals surface area (Å²) in [7, 11) is 0. The minimum absolute atomic E-state index is 0.163. The second-order valence-electron chi connectivity index (χ2n) is 5.91. The van der Waals surface area contributed by atoms with Crippen molar-refractivity contribution in [2.45, 2.75) is 12.6 Å². The van der Waals surface area contributed by atoms with E-state index < -0.39 is 17.9 Å². The van der Waals surface area contributed by atoms with Gasteiger partial charge in [0.15, 0.2) is 0 Å². The van der Waals surface area contributed by atoms with Crippen LogP contribution in [0.25, 0.3) is 0 Å². The van der Waals surface area contributed by atoms with Crippen molar-refractivity contribution >= 4 is 17.7 Å². The molecule has 1 aliphatic rings. The van der Waals surface area contributed by atoms with Gasteiger partial charge in [-0.1, -0.05) is 48.5 Å². The summed E-state index contributed by atoms with van der Waals surface area (Å²) in [6.45, 7) is 0.368. The molecule has 0 bridgehead atoms. The third-order valence-corrected chi connectivity index (χ3v) is 4.07. The Morgan fingerprint density at radius 2 is 1.65 bits per heavy atom. The highest BCUT2D eigenvalue weighted by Gasteiger charge is 2.44. The molecule has 3 N–H and O–H groups in total. The minimum atomic E-state index is -0.887. The Hall–Kier alpha value is -3.19. The van der Waals surface area contributed by atoms with E-state index in [9.17, 15) is 14.4 Å². The Kier molecular flexibility index (Phi) is 5.60. The van der Waals surface area contributed by atoms with Gasteiger partial charge in [0.05, 0.1) is 12.6 Å². The van der Waals surface area contributed by atoms with E-state index in [1.165, 1.54) is 0 Å². The van der Waals surface area contributed by atoms with Crippen LogP contribution in [0, 0.1) is 5.92 Å². The van der Waals surface area contributed by atoms with Crippen molar-refractivity contribution in [3.63, 3.8) is 0 Å². The summed E-state index contributed by atoms with van der Waals surface area (Å²) in [5, 5.41) is 5.33. The predicted octanol–water partition coefficient (Wildman–Crippen LogP) is 0.779. The second-order valence-corrected chi connectivity index (χ2v) is 5.91. The molecule has 0 spiro atoms. The van der Waals surface area contributed by atoms with Gasteiger partial charge in [-0.15, -0.1) is 0 Å². The maximum Gasteiger partial charge on any atom is 0.258 e. The lowest BCUT2D eigenvalue weighted by Crippen LogP contribution is -2.66. The van der Waals surface area contributed by atoms with Crippen molar-refractivity contribution in [3.8, 4) is 0 Å². The van der Waals surface area contributed by atoms with Crippen LogP contribution in [0.1, 0.15) is 15.9 Å². The quantitative estimate of drug-likeness (QED) is 0.389. The Labute approximate surface area is 150 Å². The largest absolute Gasteiger partial charge is 0.350 e. The van der Waals surface area contributed by atoms with Crippen LogP contribution in [-0.2, 0) is 21.0 Å². The van der Waals surface area contributed by atoms with Crippen molar-refractivity contribution < 1.29 is 19.2 Å². The first-order chi connectivity index (χ1) is 12.6. The molecule has 7 nitrogen and oxygen atoms in total. The monoisotopic (exact) mass is 353 g/mol. The molecule has 3 rings (SSSR count). The van der Waals surface area contributed by atoms with E-state index >= 15 is 0 Å². The molecule has 1 fully saturated rings. The number of benzene rings is 2. The summed E-state index contributed by atoms with van der Waals surface area (Å²) in [5.41, 5.74) is 3.72. The molecular weight excluding hydrogens is 334 g/mol. The van der Waals surface area contributed by atoms with Crippen LogP contribution >= 0.6 is 0 Å². The molecular formula is C19H19N3O4. The van der Waals surface area contributed by atoms with Gasteiger partial charge in [-0.3, -0.25) is 19.2 Å². The zero-order valence-corrected chi connectivity index (χ0v) is 14.0. The average Bonchev–Trinajstić information content (AvgIpc) is 2.66. The number of hydrogen-bond acceptors (Lipinski definition) is 4. The highest BCUT2D eigenvalue weighted by molar-refractivity contribution is 6.05. The third-order valence-electron chi connectivity index (χ3n) is 4.07. The molecule has 134 valence electrons. The standard InChI is InChI=1S/C19H19N3O4/c23-17(14-9-5-2-6-10-14)20-11-15-16(18(24)21-15)19(25)22-26-12-13-7-3-1-4-8-13/h1-10,15-16H,11-12H2,(H,20,23)(H,21,24)(H,22,25). The van der Waals surface area contributed by atoms with E-state index in [1.807, 2.05) is 36.4 Å². The molecule has 2 unspecified atom stereocenters. The zero-order chi connectivity index (χ0) is 18.4. The number of hydroxylamine groups is 1. The van der Waals surface area contributed by atoms with Gasteiger partial charge in [-0.25, -0.2) is 5.48 Å². The molecule has 0 aliphatic carbocycles. The molecule has 0 saturated carbocycles. The van der Waals surface area contributed by atoms with Gasteiger partial charge in [0, 0.05) is 12.1 Å². The fourth-order valence-electron chi connectivity index (χ4n) is 2.64. The predicted molar refractivity (Wildman–Crippen MR) is 93.6 cm³/mol. The number of carbonyl (C=O) groups excluding carboxylic acids is 3. The SMILES string of the molecule is O=C(NCC1NC(=O)C1C(=O)NOCc1ccccc1)c1ccccc1. The normalized spacial score (nSPS) is 18.4. The zero-order valence-electron chi connectivity index (χ0n) is 14.0. The Morgan fingerprint density at radius 3 is 2.31 bits per heavy atom. The number of carbonyl (C=O) groups is 3. The second kappa shape index (κ2) is 8.26. The fourth-order valence-corrected chi connectivity index (χ4v) is 2.64. The van der Waals surface area contributed by atoms with Gasteiger partial charge < -0.3 is 10.6 Å². The van der Waals surface area contributed by atoms with E-state index in [0.717, 1.165) is 5.56 Å². The average molecular weight is 353 g/mol. The van der Waals surface area contributed by atoms with E-state index in [1.54, 1.807) is 24.3 Å². The first-order valence-electron chi connectivity index (χ1n) is 8.24. The van der Waals surface area contributed by atoms with Crippen molar-refractivity contribution in [1.82, 2.24) is 16.1 Å². The van der Waals surface area contributed by atoms with Crippen LogP contribution in [0.15, 0.2) is 60.7 Å². The summed E-state index contributed by atoms with van der Waals surface area (Å²) in [6.07, 6.45) is 0. The number of nitrogens with one attached hydrogen (secondary N) is 3. The maximum atomic E-state index is 12.1. The lowest BCUT2D eigenvalue weighted by atomic mass is 9.89. The smallest absolute Gasteiger partial charge is 0.258 e. The first kappa shape index (κ1) is 17.6. The van der Waals surface area contributed by atoms with E-state index in [2.05, 4.69) is 16.1 Å². The molecule has 3 amide bonds. The Bertz CT molecular complexity index is 780. The van der Waals surface area contributed by atoms with Crippen LogP contribution in [0.3, 0.4) is 0 Å². The molecule has 0 aromatic heterocycles. The van der Waals surface area contributed by atoms with Crippen molar-refractivity contribution in [1.29, 1.82) is 0 Å². The Morgan fingerprint density at radius 1 is 1.00 bits per heavy atom. The third kappa shape index (κ3) is 4.25. The molecule has 1 saturated heterocycles. The number of rotatable bonds is 7. The summed E-state index contributed by atoms with van der Waals surface area (Å²) in [4.78, 5) is 41.0. The maximum absolute atomic E-state index is 12.1. The summed E-state index contributed by atoms with van der Waals surface area (Å²) < 4.78 is 0. The molecule has 1 heterocycles. The van der Waals surface area contributed by atoms with Crippen LogP contribution in [0.5, 0.6) is 0 Å². The van der Waals surface area contributed by atoms with Crippen LogP contribution in [0.2, 0.25) is 0 Å². The minimum Gasteiger partial charge on any atom is -0.350 e. The summed E-state index contributed by atoms with van der Waals surface area (Å²) >= 11 is 0. The lowest BCUT2D eigenvalue weighted by molar-refractivity contribution is -0.152. The summed E-state index contributed by atoms with van der Waals surface area (Å²) in [5.74, 6) is -2.05. The number of hydrogen-bond donors (Lipinski definition) is 3. The molecule has 2 aromatic rings. The van der Waals surface area contributed by atoms with E-state index in [-0.39, 0.29) is 25.0 Å². The lowest BCUT2D eigenvalue weighted by Gasteiger charge is -2.35. The molecule has 26 heavy (non-hydrogen) atoms. The van der Waals surface area contributed by atoms with Crippen LogP contribution in [-0.4, -0.2) is 30.3 Å². The molecule has 1 aliphatic heterocycles. The highest BCUT2D eigenvalue weighted by atomic mass is 16.6. The van der Waals surface area contributed by atoms with Crippen molar-refractivity contribution in [2.24, 2.45) is 5.92 Å². The summed E-state index contributed by atoms with van der Waals surface area (Å²) in [6, 6.07) is 17.6. The molecule has 2 atom stereocenters. The topological polar surface area (TPSA) is 96.5 Å². The molecule has 0 radical (unpaired) electrons. The van der Waals surface area contributed by atoms with Gasteiger partial charge in [0.1, 0.15) is 5.92 Å². The van der Waals surface area contributed by atoms with E-state index in [0.29, 0.717) is 5.56 Å². The van der Waals surface area contributed by atoms with E-state index in [4.69, 9.17) is 4.84 Å². The van der Waals surface area contributed by atoms with Gasteiger partial charge in [-0.05, 0) is 17.7 Å². The fraction of sp³-hybridized carbons (Fsp3) is 0.211. The van der Waals surface area contributed by atoms with Crippen LogP contribution < -0.4 is 16.1 Å². The van der Waals surface area contributed by atoms with Crippen molar-refractivity contribution in [2.75, 3.05) is 6.54 Å². The number of β-lactam (4-membered cyclic amide) rings is 1. The van der Waals surface area contributed by atoms with Crippen LogP contribution in [0.4, 0.5) is 0 Å². The van der Waals surface area contributed by atoms with Gasteiger partial charge in [0.25, 0.3) is 11.8 Å². The first-order valence-corrected chi connectivity index (χ1v) is 8.24. The molecule has 7 heteroatoms. The van der Waals surface area contributed by atoms with Gasteiger partial charge in [-0.2, -0.15) is 0 Å². The van der Waals surface area contributed by atoms with Crippen molar-refractivity contribution in [3.05, 3.63) is 71.8 Å². The molecule has 2 aromatic carbocycles. The Balaban J connectivity index is 1.45. The van der Waals surface area contributed by atoms with Gasteiger partial charge >= 0.3 is 0 Å². The highest BCUT2D eigenvalue weighted by Crippen LogP contribution is 2.15. The number of amides is 3.